The fourth-order valence-corrected chi connectivity index (χ4v) is 3.74. The monoisotopic (exact) mass is 340 g/mol. The number of fused-ring (bicyclic) bond motifs is 1. The molecule has 3 N–H and O–H groups in total. The summed E-state index contributed by atoms with van der Waals surface area (Å²) in [5.74, 6) is 0. The summed E-state index contributed by atoms with van der Waals surface area (Å²) in [5.41, 5.74) is 7.28. The van der Waals surface area contributed by atoms with Gasteiger partial charge in [-0.3, -0.25) is 4.57 Å². The fourth-order valence-electron chi connectivity index (χ4n) is 2.78. The van der Waals surface area contributed by atoms with Gasteiger partial charge >= 0.3 is 0 Å². The summed E-state index contributed by atoms with van der Waals surface area (Å²) in [7, 11) is 0. The predicted molar refractivity (Wildman–Crippen MR) is 92.1 cm³/mol. The van der Waals surface area contributed by atoms with E-state index < -0.39 is 31.5 Å². The first kappa shape index (κ1) is 16.4. The first-order valence-corrected chi connectivity index (χ1v) is 10.6. The number of ether oxygens (including phenoxy) is 1. The Kier molecular flexibility index (Phi) is 4.21. The molecule has 3 rings (SSSR count). The van der Waals surface area contributed by atoms with Crippen LogP contribution in [0, 0.1) is 0 Å². The molecule has 1 fully saturated rings. The van der Waals surface area contributed by atoms with Crippen LogP contribution in [0.4, 0.5) is 10.1 Å². The van der Waals surface area contributed by atoms with Gasteiger partial charge in [0.25, 0.3) is 0 Å². The molecule has 1 aliphatic heterocycles. The van der Waals surface area contributed by atoms with Gasteiger partial charge in [0, 0.05) is 6.20 Å². The number of hydrogen-bond acceptors (Lipinski definition) is 5. The standard InChI is InChI=1S/C15H22FN4O2P/c1-23(2,3)7-5-10-13(21)11(16)15(22-10)20-8-19-12-9(17)4-6-18-14(12)20/h4,6,8,10-11,13,15,21H,1,5,7H2,2-3H3,(H2,17,18)/t10-,11-,13-,15?/m1/s1. The van der Waals surface area contributed by atoms with E-state index in [1.165, 1.54) is 10.9 Å². The molecule has 8 heteroatoms. The van der Waals surface area contributed by atoms with E-state index in [-0.39, 0.29) is 0 Å². The topological polar surface area (TPSA) is 86.2 Å². The van der Waals surface area contributed by atoms with Crippen LogP contribution in [0.5, 0.6) is 0 Å². The number of nitrogen functional groups attached to an aromatic ring is 1. The molecular weight excluding hydrogens is 318 g/mol. The number of aliphatic hydroxyl groups is 1. The van der Waals surface area contributed by atoms with Gasteiger partial charge in [0.1, 0.15) is 11.6 Å². The quantitative estimate of drug-likeness (QED) is 0.828. The van der Waals surface area contributed by atoms with E-state index in [0.29, 0.717) is 23.3 Å². The van der Waals surface area contributed by atoms with E-state index in [0.717, 1.165) is 6.16 Å². The molecule has 0 aliphatic carbocycles. The Bertz CT molecular complexity index is 759. The van der Waals surface area contributed by atoms with Gasteiger partial charge in [-0.2, -0.15) is 0 Å². The largest absolute Gasteiger partial charge is 0.397 e. The molecule has 6 nitrogen and oxygen atoms in total. The van der Waals surface area contributed by atoms with Crippen molar-refractivity contribution in [1.82, 2.24) is 14.5 Å². The molecule has 2 aromatic rings. The minimum absolute atomic E-state index is 0.454. The van der Waals surface area contributed by atoms with Crippen molar-refractivity contribution in [2.24, 2.45) is 0 Å². The van der Waals surface area contributed by atoms with Crippen molar-refractivity contribution in [3.63, 3.8) is 0 Å². The maximum absolute atomic E-state index is 14.6. The molecule has 1 aliphatic rings. The molecular formula is C15H22FN4O2P. The highest BCUT2D eigenvalue weighted by atomic mass is 31.2. The van der Waals surface area contributed by atoms with Crippen LogP contribution >= 0.6 is 6.89 Å². The Balaban J connectivity index is 1.85. The number of hydrogen-bond donors (Lipinski definition) is 2. The van der Waals surface area contributed by atoms with Crippen LogP contribution in [-0.4, -0.2) is 63.8 Å². The highest BCUT2D eigenvalue weighted by Gasteiger charge is 2.45. The summed E-state index contributed by atoms with van der Waals surface area (Å²) in [6.45, 7) is 2.96. The Morgan fingerprint density at radius 3 is 2.91 bits per heavy atom. The van der Waals surface area contributed by atoms with E-state index >= 15 is 0 Å². The van der Waals surface area contributed by atoms with Gasteiger partial charge in [0.2, 0.25) is 0 Å². The van der Waals surface area contributed by atoms with Crippen LogP contribution in [0.25, 0.3) is 11.2 Å². The van der Waals surface area contributed by atoms with Crippen molar-refractivity contribution >= 4 is 30.0 Å². The lowest BCUT2D eigenvalue weighted by Crippen LogP contribution is -2.29. The number of alkyl halides is 1. The average Bonchev–Trinajstić information content (AvgIpc) is 3.01. The van der Waals surface area contributed by atoms with E-state index in [1.54, 1.807) is 12.3 Å². The molecule has 0 bridgehead atoms. The minimum Gasteiger partial charge on any atom is -0.397 e. The predicted octanol–water partition coefficient (Wildman–Crippen LogP) is 1.71. The van der Waals surface area contributed by atoms with Gasteiger partial charge < -0.3 is 15.6 Å². The molecule has 0 aromatic carbocycles. The lowest BCUT2D eigenvalue weighted by atomic mass is 10.1. The molecule has 0 amide bonds. The van der Waals surface area contributed by atoms with Crippen LogP contribution < -0.4 is 5.73 Å². The summed E-state index contributed by atoms with van der Waals surface area (Å²) in [5, 5.41) is 10.2. The molecule has 0 saturated carbocycles. The van der Waals surface area contributed by atoms with E-state index in [2.05, 4.69) is 29.6 Å². The van der Waals surface area contributed by atoms with Crippen molar-refractivity contribution in [1.29, 1.82) is 0 Å². The molecule has 3 heterocycles. The number of nitrogens with zero attached hydrogens (tertiary/aromatic N) is 3. The molecule has 4 atom stereocenters. The zero-order valence-electron chi connectivity index (χ0n) is 13.3. The zero-order chi connectivity index (χ0) is 16.8. The Hall–Kier alpha value is -1.43. The lowest BCUT2D eigenvalue weighted by molar-refractivity contribution is -0.0233. The van der Waals surface area contributed by atoms with Crippen LogP contribution in [0.3, 0.4) is 0 Å². The number of aromatic nitrogens is 3. The maximum atomic E-state index is 14.6. The number of halogens is 1. The Morgan fingerprint density at radius 1 is 1.48 bits per heavy atom. The van der Waals surface area contributed by atoms with Crippen molar-refractivity contribution in [2.75, 3.05) is 25.2 Å². The summed E-state index contributed by atoms with van der Waals surface area (Å²) in [4.78, 5) is 8.38. The van der Waals surface area contributed by atoms with Crippen molar-refractivity contribution in [3.8, 4) is 0 Å². The van der Waals surface area contributed by atoms with E-state index in [9.17, 15) is 9.50 Å². The minimum atomic E-state index is -1.54. The third-order valence-corrected chi connectivity index (χ3v) is 5.55. The van der Waals surface area contributed by atoms with Gasteiger partial charge in [0.05, 0.1) is 18.1 Å². The third kappa shape index (κ3) is 3.13. The highest BCUT2D eigenvalue weighted by molar-refractivity contribution is 7.72. The highest BCUT2D eigenvalue weighted by Crippen LogP contribution is 2.40. The van der Waals surface area contributed by atoms with E-state index in [1.807, 2.05) is 0 Å². The number of anilines is 1. The lowest BCUT2D eigenvalue weighted by Gasteiger charge is -2.18. The molecule has 1 unspecified atom stereocenters. The molecule has 23 heavy (non-hydrogen) atoms. The second-order valence-electron chi connectivity index (χ2n) is 6.67. The van der Waals surface area contributed by atoms with Gasteiger partial charge in [-0.1, -0.05) is 0 Å². The second kappa shape index (κ2) is 5.89. The van der Waals surface area contributed by atoms with Crippen LogP contribution in [-0.2, 0) is 4.74 Å². The first-order valence-electron chi connectivity index (χ1n) is 7.50. The van der Waals surface area contributed by atoms with Gasteiger partial charge in [0.15, 0.2) is 18.0 Å². The maximum Gasteiger partial charge on any atom is 0.173 e. The number of pyridine rings is 1. The average molecular weight is 340 g/mol. The molecule has 1 saturated heterocycles. The summed E-state index contributed by atoms with van der Waals surface area (Å²) in [6.07, 6.45) is 4.37. The smallest absolute Gasteiger partial charge is 0.173 e. The molecule has 126 valence electrons. The number of rotatable bonds is 4. The molecule has 0 spiro atoms. The SMILES string of the molecule is C=P(C)(C)CC[C@H]1OC(n2cnc3c(N)ccnc32)[C@H](F)[C@@H]1O. The van der Waals surface area contributed by atoms with Crippen molar-refractivity contribution < 1.29 is 14.2 Å². The fraction of sp³-hybridized carbons (Fsp3) is 0.533. The van der Waals surface area contributed by atoms with E-state index in [4.69, 9.17) is 10.5 Å². The molecule has 2 aromatic heterocycles. The normalized spacial score (nSPS) is 28.5. The number of aliphatic hydroxyl groups excluding tert-OH is 1. The van der Waals surface area contributed by atoms with Crippen LogP contribution in [0.1, 0.15) is 12.6 Å². The summed E-state index contributed by atoms with van der Waals surface area (Å²) >= 11 is 0. The Morgan fingerprint density at radius 2 is 2.22 bits per heavy atom. The first-order chi connectivity index (χ1) is 10.8. The summed E-state index contributed by atoms with van der Waals surface area (Å²) < 4.78 is 21.8. The third-order valence-electron chi connectivity index (χ3n) is 4.08. The van der Waals surface area contributed by atoms with Crippen LogP contribution in [0.15, 0.2) is 18.6 Å². The second-order valence-corrected chi connectivity index (χ2v) is 11.0. The van der Waals surface area contributed by atoms with Crippen molar-refractivity contribution in [3.05, 3.63) is 18.6 Å². The molecule has 0 radical (unpaired) electrons. The zero-order valence-corrected chi connectivity index (χ0v) is 14.2. The Labute approximate surface area is 134 Å². The van der Waals surface area contributed by atoms with Gasteiger partial charge in [-0.15, -0.1) is 13.2 Å². The van der Waals surface area contributed by atoms with Gasteiger partial charge in [-0.05, 0) is 32.0 Å². The summed E-state index contributed by atoms with van der Waals surface area (Å²) in [6, 6.07) is 1.64. The van der Waals surface area contributed by atoms with Crippen LogP contribution in [0.2, 0.25) is 0 Å². The number of imidazole rings is 1. The number of nitrogens with two attached hydrogens (primary N) is 1. The van der Waals surface area contributed by atoms with Gasteiger partial charge in [-0.25, -0.2) is 14.4 Å². The van der Waals surface area contributed by atoms with Crippen molar-refractivity contribution in [2.45, 2.75) is 31.0 Å².